The molecule has 5 heteroatoms. The maximum Gasteiger partial charge on any atom is 0.383 e. The SMILES string of the molecule is CCCCCCCCCCOc1c(OC/C=C(\C)CCC=C(C)C)c2c(OC)cccc2oc1=O. The Kier molecular flexibility index (Phi) is 13.1. The van der Waals surface area contributed by atoms with E-state index in [2.05, 4.69) is 39.8 Å². The van der Waals surface area contributed by atoms with E-state index in [1.807, 2.05) is 6.07 Å². The van der Waals surface area contributed by atoms with Gasteiger partial charge in [-0.05, 0) is 58.2 Å². The number of unbranched alkanes of at least 4 members (excludes halogenated alkanes) is 7. The molecule has 35 heavy (non-hydrogen) atoms. The average Bonchev–Trinajstić information content (AvgIpc) is 2.83. The maximum absolute atomic E-state index is 12.8. The topological polar surface area (TPSA) is 57.9 Å². The largest absolute Gasteiger partial charge is 0.496 e. The molecule has 0 atom stereocenters. The highest BCUT2D eigenvalue weighted by Crippen LogP contribution is 2.39. The third-order valence-corrected chi connectivity index (χ3v) is 6.02. The molecule has 194 valence electrons. The van der Waals surface area contributed by atoms with Gasteiger partial charge in [0.15, 0.2) is 5.75 Å². The van der Waals surface area contributed by atoms with Gasteiger partial charge in [0.2, 0.25) is 5.75 Å². The molecule has 0 N–H and O–H groups in total. The molecule has 2 aromatic rings. The lowest BCUT2D eigenvalue weighted by atomic mass is 10.1. The van der Waals surface area contributed by atoms with Gasteiger partial charge in [0.05, 0.1) is 13.7 Å². The molecule has 0 saturated heterocycles. The second-order valence-electron chi connectivity index (χ2n) is 9.39. The van der Waals surface area contributed by atoms with E-state index >= 15 is 0 Å². The summed E-state index contributed by atoms with van der Waals surface area (Å²) >= 11 is 0. The van der Waals surface area contributed by atoms with Gasteiger partial charge in [-0.15, -0.1) is 0 Å². The maximum atomic E-state index is 12.8. The van der Waals surface area contributed by atoms with Crippen LogP contribution < -0.4 is 19.8 Å². The molecule has 1 heterocycles. The Morgan fingerprint density at radius 2 is 1.63 bits per heavy atom. The van der Waals surface area contributed by atoms with E-state index in [0.29, 0.717) is 35.7 Å². The zero-order valence-corrected chi connectivity index (χ0v) is 22.4. The Bertz CT molecular complexity index is 1010. The fourth-order valence-corrected chi connectivity index (χ4v) is 3.97. The molecular weight excluding hydrogens is 440 g/mol. The van der Waals surface area contributed by atoms with Crippen molar-refractivity contribution in [2.75, 3.05) is 20.3 Å². The predicted molar refractivity (Wildman–Crippen MR) is 145 cm³/mol. The van der Waals surface area contributed by atoms with Gasteiger partial charge in [0, 0.05) is 0 Å². The Labute approximate surface area is 211 Å². The van der Waals surface area contributed by atoms with Crippen LogP contribution in [-0.4, -0.2) is 20.3 Å². The van der Waals surface area contributed by atoms with Crippen molar-refractivity contribution in [3.63, 3.8) is 0 Å². The first-order valence-electron chi connectivity index (χ1n) is 13.2. The van der Waals surface area contributed by atoms with E-state index in [1.54, 1.807) is 19.2 Å². The number of hydrogen-bond acceptors (Lipinski definition) is 5. The minimum Gasteiger partial charge on any atom is -0.496 e. The van der Waals surface area contributed by atoms with Crippen LogP contribution in [0.5, 0.6) is 17.2 Å². The lowest BCUT2D eigenvalue weighted by Gasteiger charge is -2.15. The van der Waals surface area contributed by atoms with Crippen molar-refractivity contribution in [1.29, 1.82) is 0 Å². The van der Waals surface area contributed by atoms with Crippen LogP contribution in [0.2, 0.25) is 0 Å². The highest BCUT2D eigenvalue weighted by atomic mass is 16.5. The van der Waals surface area contributed by atoms with Crippen molar-refractivity contribution in [1.82, 2.24) is 0 Å². The summed E-state index contributed by atoms with van der Waals surface area (Å²) in [6.07, 6.45) is 15.9. The van der Waals surface area contributed by atoms with Gasteiger partial charge in [0.1, 0.15) is 23.3 Å². The van der Waals surface area contributed by atoms with Crippen molar-refractivity contribution < 1.29 is 18.6 Å². The summed E-state index contributed by atoms with van der Waals surface area (Å²) < 4.78 is 23.2. The summed E-state index contributed by atoms with van der Waals surface area (Å²) in [7, 11) is 1.60. The number of allylic oxidation sites excluding steroid dienone is 3. The van der Waals surface area contributed by atoms with Crippen molar-refractivity contribution in [3.05, 3.63) is 51.9 Å². The van der Waals surface area contributed by atoms with Crippen molar-refractivity contribution >= 4 is 11.0 Å². The second-order valence-corrected chi connectivity index (χ2v) is 9.39. The molecule has 0 radical (unpaired) electrons. The first kappa shape index (κ1) is 28.5. The van der Waals surface area contributed by atoms with Gasteiger partial charge in [0.25, 0.3) is 0 Å². The fourth-order valence-electron chi connectivity index (χ4n) is 3.97. The zero-order valence-electron chi connectivity index (χ0n) is 22.4. The molecule has 0 aliphatic heterocycles. The van der Waals surface area contributed by atoms with Gasteiger partial charge in [-0.2, -0.15) is 0 Å². The van der Waals surface area contributed by atoms with Gasteiger partial charge in [-0.3, -0.25) is 0 Å². The number of fused-ring (bicyclic) bond motifs is 1. The first-order valence-corrected chi connectivity index (χ1v) is 13.2. The normalized spacial score (nSPS) is 11.5. The van der Waals surface area contributed by atoms with Crippen LogP contribution in [-0.2, 0) is 0 Å². The summed E-state index contributed by atoms with van der Waals surface area (Å²) in [6.45, 7) is 9.34. The number of rotatable bonds is 17. The molecule has 0 fully saturated rings. The molecule has 0 saturated carbocycles. The summed E-state index contributed by atoms with van der Waals surface area (Å²) in [5.74, 6) is 1.10. The van der Waals surface area contributed by atoms with E-state index in [4.69, 9.17) is 18.6 Å². The monoisotopic (exact) mass is 484 g/mol. The van der Waals surface area contributed by atoms with Crippen molar-refractivity contribution in [2.45, 2.75) is 91.9 Å². The number of methoxy groups -OCH3 is 1. The molecule has 0 aliphatic rings. The highest BCUT2D eigenvalue weighted by Gasteiger charge is 2.20. The minimum atomic E-state index is -0.524. The van der Waals surface area contributed by atoms with E-state index in [9.17, 15) is 4.79 Å². The minimum absolute atomic E-state index is 0.125. The molecule has 1 aromatic heterocycles. The van der Waals surface area contributed by atoms with Crippen LogP contribution in [0.1, 0.15) is 91.9 Å². The average molecular weight is 485 g/mol. The highest BCUT2D eigenvalue weighted by molar-refractivity contribution is 5.91. The van der Waals surface area contributed by atoms with E-state index in [-0.39, 0.29) is 5.75 Å². The molecule has 0 bridgehead atoms. The number of hydrogen-bond donors (Lipinski definition) is 0. The fraction of sp³-hybridized carbons (Fsp3) is 0.567. The number of ether oxygens (including phenoxy) is 3. The second kappa shape index (κ2) is 16.1. The molecule has 1 aromatic carbocycles. The van der Waals surface area contributed by atoms with E-state index in [1.165, 1.54) is 49.7 Å². The van der Waals surface area contributed by atoms with Crippen LogP contribution in [0.15, 0.2) is 50.7 Å². The predicted octanol–water partition coefficient (Wildman–Crippen LogP) is 8.39. The Morgan fingerprint density at radius 1 is 0.914 bits per heavy atom. The zero-order chi connectivity index (χ0) is 25.5. The van der Waals surface area contributed by atoms with Gasteiger partial charge >= 0.3 is 5.63 Å². The van der Waals surface area contributed by atoms with Crippen LogP contribution in [0, 0.1) is 0 Å². The van der Waals surface area contributed by atoms with Gasteiger partial charge in [-0.25, -0.2) is 4.79 Å². The molecule has 0 aliphatic carbocycles. The molecular formula is C30H44O5. The molecule has 0 unspecified atom stereocenters. The van der Waals surface area contributed by atoms with Crippen LogP contribution in [0.3, 0.4) is 0 Å². The van der Waals surface area contributed by atoms with Crippen LogP contribution in [0.25, 0.3) is 11.0 Å². The summed E-state index contributed by atoms with van der Waals surface area (Å²) in [4.78, 5) is 12.8. The summed E-state index contributed by atoms with van der Waals surface area (Å²) in [5.41, 5.74) is 2.46. The molecule has 0 amide bonds. The van der Waals surface area contributed by atoms with Gasteiger partial charge in [-0.1, -0.05) is 75.2 Å². The third kappa shape index (κ3) is 9.83. The van der Waals surface area contributed by atoms with Crippen molar-refractivity contribution in [3.8, 4) is 17.2 Å². The third-order valence-electron chi connectivity index (χ3n) is 6.02. The number of benzene rings is 1. The summed E-state index contributed by atoms with van der Waals surface area (Å²) in [5, 5.41) is 0.621. The van der Waals surface area contributed by atoms with Crippen LogP contribution in [0.4, 0.5) is 0 Å². The smallest absolute Gasteiger partial charge is 0.383 e. The van der Waals surface area contributed by atoms with Crippen LogP contribution >= 0.6 is 0 Å². The van der Waals surface area contributed by atoms with Gasteiger partial charge < -0.3 is 18.6 Å². The molecule has 0 spiro atoms. The first-order chi connectivity index (χ1) is 17.0. The Hall–Kier alpha value is -2.69. The lowest BCUT2D eigenvalue weighted by molar-refractivity contribution is 0.264. The molecule has 5 nitrogen and oxygen atoms in total. The summed E-state index contributed by atoms with van der Waals surface area (Å²) in [6, 6.07) is 5.37. The van der Waals surface area contributed by atoms with E-state index < -0.39 is 5.63 Å². The quantitative estimate of drug-likeness (QED) is 0.128. The lowest BCUT2D eigenvalue weighted by Crippen LogP contribution is -2.12. The van der Waals surface area contributed by atoms with E-state index in [0.717, 1.165) is 25.7 Å². The Balaban J connectivity index is 2.10. The Morgan fingerprint density at radius 3 is 2.31 bits per heavy atom. The molecule has 2 rings (SSSR count). The standard InChI is InChI=1S/C30H44O5/c1-6-7-8-9-10-11-12-13-21-33-29-28(34-22-20-24(4)17-14-16-23(2)3)27-25(32-5)18-15-19-26(27)35-30(29)31/h15-16,18-20H,6-14,17,21-22H2,1-5H3/b24-20+. The van der Waals surface area contributed by atoms with Crippen molar-refractivity contribution in [2.24, 2.45) is 0 Å².